The van der Waals surface area contributed by atoms with Crippen molar-refractivity contribution in [1.29, 1.82) is 0 Å². The summed E-state index contributed by atoms with van der Waals surface area (Å²) in [7, 11) is 2.91. The first-order valence-corrected chi connectivity index (χ1v) is 9.50. The number of fused-ring (bicyclic) bond motifs is 1. The van der Waals surface area contributed by atoms with Gasteiger partial charge < -0.3 is 9.47 Å². The number of nitrogens with zero attached hydrogens (tertiary/aromatic N) is 2. The molecule has 164 valence electrons. The Kier molecular flexibility index (Phi) is 5.27. The summed E-state index contributed by atoms with van der Waals surface area (Å²) in [5.41, 5.74) is 2.64. The zero-order chi connectivity index (χ0) is 23.0. The van der Waals surface area contributed by atoms with Crippen molar-refractivity contribution in [3.05, 3.63) is 86.3 Å². The van der Waals surface area contributed by atoms with Crippen LogP contribution in [0.2, 0.25) is 0 Å². The smallest absolute Gasteiger partial charge is 0.280 e. The second kappa shape index (κ2) is 8.06. The molecule has 4 aromatic rings. The van der Waals surface area contributed by atoms with Crippen molar-refractivity contribution < 1.29 is 18.7 Å². The van der Waals surface area contributed by atoms with Gasteiger partial charge in [-0.2, -0.15) is 0 Å². The molecule has 32 heavy (non-hydrogen) atoms. The van der Waals surface area contributed by atoms with Crippen molar-refractivity contribution in [2.45, 2.75) is 6.92 Å². The van der Waals surface area contributed by atoms with Gasteiger partial charge in [0.05, 0.1) is 36.5 Å². The molecule has 0 fully saturated rings. The number of aryl methyl sites for hydroxylation is 1. The van der Waals surface area contributed by atoms with Crippen LogP contribution in [0.25, 0.3) is 16.6 Å². The number of aromatic amines is 1. The highest BCUT2D eigenvalue weighted by molar-refractivity contribution is 6.01. The third kappa shape index (κ3) is 3.62. The number of benzene rings is 2. The second-order valence-electron chi connectivity index (χ2n) is 6.96. The number of H-pyrrole nitrogens is 1. The molecule has 0 aliphatic heterocycles. The minimum atomic E-state index is -0.596. The Morgan fingerprint density at radius 3 is 2.22 bits per heavy atom. The third-order valence-electron chi connectivity index (χ3n) is 5.02. The maximum atomic E-state index is 13.2. The van der Waals surface area contributed by atoms with Crippen LogP contribution in [0.15, 0.2) is 58.1 Å². The highest BCUT2D eigenvalue weighted by Crippen LogP contribution is 2.22. The van der Waals surface area contributed by atoms with Crippen molar-refractivity contribution in [3.63, 3.8) is 0 Å². The van der Waals surface area contributed by atoms with Gasteiger partial charge in [0.15, 0.2) is 0 Å². The zero-order valence-electron chi connectivity index (χ0n) is 17.4. The fraction of sp³-hybridized carbons (Fsp3) is 0.136. The van der Waals surface area contributed by atoms with Gasteiger partial charge in [-0.05, 0) is 43.3 Å². The van der Waals surface area contributed by atoms with Crippen LogP contribution in [0, 0.1) is 12.7 Å². The molecule has 0 saturated carbocycles. The van der Waals surface area contributed by atoms with E-state index >= 15 is 0 Å². The van der Waals surface area contributed by atoms with Crippen LogP contribution in [-0.2, 0) is 0 Å². The number of hydrogen-bond acceptors (Lipinski definition) is 5. The molecular formula is C22H19FN4O5. The predicted octanol–water partition coefficient (Wildman–Crippen LogP) is 2.33. The van der Waals surface area contributed by atoms with E-state index in [1.165, 1.54) is 61.4 Å². The highest BCUT2D eigenvalue weighted by Gasteiger charge is 2.18. The Morgan fingerprint density at radius 1 is 1.00 bits per heavy atom. The SMILES string of the molecule is COc1cc(OC)cc(C(=O)Nn2c(C)c3c(=O)n(-c4ccc(F)cc4)[nH]c3cc2=O)c1. The van der Waals surface area contributed by atoms with Crippen LogP contribution in [-0.4, -0.2) is 34.6 Å². The third-order valence-corrected chi connectivity index (χ3v) is 5.02. The summed E-state index contributed by atoms with van der Waals surface area (Å²) in [5, 5.41) is 3.05. The van der Waals surface area contributed by atoms with E-state index in [2.05, 4.69) is 10.5 Å². The number of hydrogen-bond donors (Lipinski definition) is 2. The Hall–Kier alpha value is -4.34. The van der Waals surface area contributed by atoms with E-state index in [4.69, 9.17) is 9.47 Å². The molecule has 1 amide bonds. The quantitative estimate of drug-likeness (QED) is 0.497. The van der Waals surface area contributed by atoms with Gasteiger partial charge in [0.1, 0.15) is 17.3 Å². The number of rotatable bonds is 5. The number of ether oxygens (including phenoxy) is 2. The predicted molar refractivity (Wildman–Crippen MR) is 116 cm³/mol. The molecule has 0 radical (unpaired) electrons. The summed E-state index contributed by atoms with van der Waals surface area (Å²) in [6, 6.07) is 11.1. The Morgan fingerprint density at radius 2 is 1.62 bits per heavy atom. The van der Waals surface area contributed by atoms with E-state index in [9.17, 15) is 18.8 Å². The van der Waals surface area contributed by atoms with E-state index in [1.54, 1.807) is 13.0 Å². The van der Waals surface area contributed by atoms with E-state index in [1.807, 2.05) is 0 Å². The Labute approximate surface area is 180 Å². The van der Waals surface area contributed by atoms with E-state index < -0.39 is 22.8 Å². The van der Waals surface area contributed by atoms with Crippen LogP contribution in [0.5, 0.6) is 11.5 Å². The molecular weight excluding hydrogens is 419 g/mol. The Bertz CT molecular complexity index is 1430. The number of halogens is 1. The lowest BCUT2D eigenvalue weighted by Crippen LogP contribution is -2.34. The summed E-state index contributed by atoms with van der Waals surface area (Å²) in [6.07, 6.45) is 0. The van der Waals surface area contributed by atoms with Gasteiger partial charge in [0.25, 0.3) is 17.0 Å². The molecule has 2 heterocycles. The van der Waals surface area contributed by atoms with Crippen LogP contribution in [0.1, 0.15) is 16.1 Å². The summed E-state index contributed by atoms with van der Waals surface area (Å²) in [5.74, 6) is -0.226. The molecule has 0 aliphatic rings. The molecule has 0 aliphatic carbocycles. The highest BCUT2D eigenvalue weighted by atomic mass is 19.1. The fourth-order valence-corrected chi connectivity index (χ4v) is 3.39. The molecule has 2 N–H and O–H groups in total. The second-order valence-corrected chi connectivity index (χ2v) is 6.96. The van der Waals surface area contributed by atoms with Gasteiger partial charge in [-0.3, -0.25) is 24.9 Å². The minimum absolute atomic E-state index is 0.199. The number of amides is 1. The maximum absolute atomic E-state index is 13.2. The van der Waals surface area contributed by atoms with Crippen molar-refractivity contribution in [2.24, 2.45) is 0 Å². The topological polar surface area (TPSA) is 107 Å². The monoisotopic (exact) mass is 438 g/mol. The van der Waals surface area contributed by atoms with Crippen molar-refractivity contribution >= 4 is 16.8 Å². The first kappa shape index (κ1) is 20.9. The molecule has 2 aromatic heterocycles. The van der Waals surface area contributed by atoms with E-state index in [-0.39, 0.29) is 22.2 Å². The minimum Gasteiger partial charge on any atom is -0.497 e. The van der Waals surface area contributed by atoms with Crippen LogP contribution in [0.4, 0.5) is 4.39 Å². The number of aromatic nitrogens is 3. The average Bonchev–Trinajstić information content (AvgIpc) is 3.12. The largest absolute Gasteiger partial charge is 0.497 e. The zero-order valence-corrected chi connectivity index (χ0v) is 17.4. The molecule has 0 unspecified atom stereocenters. The van der Waals surface area contributed by atoms with Crippen LogP contribution in [0.3, 0.4) is 0 Å². The first-order valence-electron chi connectivity index (χ1n) is 9.50. The average molecular weight is 438 g/mol. The van der Waals surface area contributed by atoms with Gasteiger partial charge in [0.2, 0.25) is 0 Å². The molecule has 2 aromatic carbocycles. The van der Waals surface area contributed by atoms with Gasteiger partial charge in [-0.15, -0.1) is 0 Å². The molecule has 9 nitrogen and oxygen atoms in total. The normalized spacial score (nSPS) is 10.9. The fourth-order valence-electron chi connectivity index (χ4n) is 3.39. The van der Waals surface area contributed by atoms with Crippen molar-refractivity contribution in [2.75, 3.05) is 19.6 Å². The van der Waals surface area contributed by atoms with Gasteiger partial charge >= 0.3 is 0 Å². The summed E-state index contributed by atoms with van der Waals surface area (Å²) in [4.78, 5) is 38.5. The van der Waals surface area contributed by atoms with E-state index in [0.717, 1.165) is 4.68 Å². The van der Waals surface area contributed by atoms with Crippen LogP contribution >= 0.6 is 0 Å². The lowest BCUT2D eigenvalue weighted by molar-refractivity contribution is 0.101. The molecule has 10 heteroatoms. The Balaban J connectivity index is 1.78. The molecule has 4 rings (SSSR count). The number of carbonyl (C=O) groups excluding carboxylic acids is 1. The number of methoxy groups -OCH3 is 2. The standard InChI is InChI=1S/C22H19FN4O5/c1-12-20-18(24-27(22(20)30)15-6-4-14(23)5-7-15)11-19(28)26(12)25-21(29)13-8-16(31-2)10-17(9-13)32-3/h4-11,24H,1-3H3,(H,25,29). The van der Waals surface area contributed by atoms with Gasteiger partial charge in [-0.25, -0.2) is 13.7 Å². The van der Waals surface area contributed by atoms with Gasteiger partial charge in [-0.1, -0.05) is 0 Å². The first-order chi connectivity index (χ1) is 15.3. The maximum Gasteiger partial charge on any atom is 0.280 e. The molecule has 0 bridgehead atoms. The van der Waals surface area contributed by atoms with Crippen LogP contribution < -0.4 is 26.0 Å². The van der Waals surface area contributed by atoms with Gasteiger partial charge in [0, 0.05) is 17.7 Å². The van der Waals surface area contributed by atoms with Crippen molar-refractivity contribution in [3.8, 4) is 17.2 Å². The molecule has 0 saturated heterocycles. The molecule has 0 atom stereocenters. The summed E-state index contributed by atoms with van der Waals surface area (Å²) in [6.45, 7) is 1.54. The lowest BCUT2D eigenvalue weighted by Gasteiger charge is -2.13. The summed E-state index contributed by atoms with van der Waals surface area (Å²) < 4.78 is 25.8. The summed E-state index contributed by atoms with van der Waals surface area (Å²) >= 11 is 0. The lowest BCUT2D eigenvalue weighted by atomic mass is 10.2. The van der Waals surface area contributed by atoms with Crippen molar-refractivity contribution in [1.82, 2.24) is 14.5 Å². The molecule has 0 spiro atoms. The number of pyridine rings is 1. The van der Waals surface area contributed by atoms with E-state index in [0.29, 0.717) is 17.2 Å². The number of carbonyl (C=O) groups is 1. The number of nitrogens with one attached hydrogen (secondary N) is 2.